The van der Waals surface area contributed by atoms with Crippen molar-refractivity contribution in [1.29, 1.82) is 0 Å². The maximum Gasteiger partial charge on any atom is 0.213 e. The van der Waals surface area contributed by atoms with Gasteiger partial charge in [0.15, 0.2) is 0 Å². The molecule has 4 rings (SSSR count). The van der Waals surface area contributed by atoms with Crippen LogP contribution in [0.15, 0.2) is 48.5 Å². The number of rotatable bonds is 0. The van der Waals surface area contributed by atoms with Crippen molar-refractivity contribution in [2.24, 2.45) is 0 Å². The van der Waals surface area contributed by atoms with Crippen molar-refractivity contribution in [3.8, 4) is 5.69 Å². The van der Waals surface area contributed by atoms with Crippen LogP contribution >= 0.6 is 11.6 Å². The predicted octanol–water partition coefficient (Wildman–Crippen LogP) is 3.83. The lowest BCUT2D eigenvalue weighted by Gasteiger charge is -2.02. The molecule has 1 aliphatic rings. The number of carbonyl (C=O) groups is 1. The molecule has 18 heavy (non-hydrogen) atoms. The summed E-state index contributed by atoms with van der Waals surface area (Å²) in [5.41, 5.74) is 3.20. The molecule has 3 aromatic rings. The third-order valence-electron chi connectivity index (χ3n) is 3.42. The largest absolute Gasteiger partial charge is 0.304 e. The van der Waals surface area contributed by atoms with Crippen LogP contribution in [0.25, 0.3) is 16.6 Å². The van der Waals surface area contributed by atoms with E-state index in [9.17, 15) is 4.79 Å². The Balaban J connectivity index is 2.26. The van der Waals surface area contributed by atoms with Crippen molar-refractivity contribution < 1.29 is 4.79 Å². The molecule has 2 heterocycles. The lowest BCUT2D eigenvalue weighted by molar-refractivity contribution is 0.104. The smallest absolute Gasteiger partial charge is 0.213 e. The summed E-state index contributed by atoms with van der Waals surface area (Å²) >= 11 is 6.35. The normalized spacial score (nSPS) is 12.8. The number of benzene rings is 2. The number of para-hydroxylation sites is 2. The summed E-state index contributed by atoms with van der Waals surface area (Å²) in [7, 11) is 0. The third-order valence-corrected chi connectivity index (χ3v) is 3.80. The minimum atomic E-state index is 0.00630. The van der Waals surface area contributed by atoms with E-state index in [0.29, 0.717) is 10.7 Å². The van der Waals surface area contributed by atoms with Gasteiger partial charge in [-0.15, -0.1) is 0 Å². The highest BCUT2D eigenvalue weighted by atomic mass is 35.5. The van der Waals surface area contributed by atoms with E-state index in [4.69, 9.17) is 11.6 Å². The quantitative estimate of drug-likeness (QED) is 0.467. The average Bonchev–Trinajstić information content (AvgIpc) is 2.87. The molecule has 1 aromatic heterocycles. The number of fused-ring (bicyclic) bond motifs is 5. The van der Waals surface area contributed by atoms with Crippen LogP contribution in [-0.4, -0.2) is 10.4 Å². The van der Waals surface area contributed by atoms with E-state index in [-0.39, 0.29) is 5.78 Å². The Morgan fingerprint density at radius 1 is 0.944 bits per heavy atom. The summed E-state index contributed by atoms with van der Waals surface area (Å²) in [5.74, 6) is 0.00630. The van der Waals surface area contributed by atoms with Crippen molar-refractivity contribution in [3.63, 3.8) is 0 Å². The lowest BCUT2D eigenvalue weighted by Crippen LogP contribution is -1.95. The molecule has 0 spiro atoms. The molecule has 86 valence electrons. The molecule has 0 unspecified atom stereocenters. The van der Waals surface area contributed by atoms with Gasteiger partial charge in [0.2, 0.25) is 5.78 Å². The fraction of sp³-hybridized carbons (Fsp3) is 0. The summed E-state index contributed by atoms with van der Waals surface area (Å²) in [4.78, 5) is 12.4. The number of carbonyl (C=O) groups excluding carboxylic acids is 1. The monoisotopic (exact) mass is 253 g/mol. The second-order valence-corrected chi connectivity index (χ2v) is 4.74. The predicted molar refractivity (Wildman–Crippen MR) is 71.7 cm³/mol. The van der Waals surface area contributed by atoms with E-state index in [1.165, 1.54) is 0 Å². The maximum absolute atomic E-state index is 12.4. The number of halogens is 1. The molecule has 0 atom stereocenters. The van der Waals surface area contributed by atoms with E-state index < -0.39 is 0 Å². The first-order chi connectivity index (χ1) is 8.79. The van der Waals surface area contributed by atoms with Gasteiger partial charge in [0.05, 0.1) is 16.2 Å². The molecule has 3 heteroatoms. The van der Waals surface area contributed by atoms with E-state index in [2.05, 4.69) is 0 Å². The van der Waals surface area contributed by atoms with Crippen LogP contribution in [0, 0.1) is 0 Å². The molecule has 0 N–H and O–H groups in total. The van der Waals surface area contributed by atoms with E-state index in [0.717, 1.165) is 22.2 Å². The van der Waals surface area contributed by atoms with E-state index >= 15 is 0 Å². The van der Waals surface area contributed by atoms with Gasteiger partial charge in [-0.2, -0.15) is 0 Å². The van der Waals surface area contributed by atoms with Crippen LogP contribution in [0.2, 0.25) is 5.02 Å². The Labute approximate surface area is 108 Å². The van der Waals surface area contributed by atoms with Crippen molar-refractivity contribution in [2.75, 3.05) is 0 Å². The van der Waals surface area contributed by atoms with Crippen LogP contribution in [0.3, 0.4) is 0 Å². The van der Waals surface area contributed by atoms with Crippen LogP contribution in [-0.2, 0) is 0 Å². The van der Waals surface area contributed by atoms with Crippen LogP contribution < -0.4 is 0 Å². The van der Waals surface area contributed by atoms with Gasteiger partial charge in [0.1, 0.15) is 5.69 Å². The fourth-order valence-corrected chi connectivity index (χ4v) is 2.97. The van der Waals surface area contributed by atoms with Crippen molar-refractivity contribution in [3.05, 3.63) is 64.8 Å². The van der Waals surface area contributed by atoms with Gasteiger partial charge in [-0.05, 0) is 18.2 Å². The highest BCUT2D eigenvalue weighted by molar-refractivity contribution is 6.40. The molecular formula is C15H8ClNO. The summed E-state index contributed by atoms with van der Waals surface area (Å²) < 4.78 is 1.95. The Morgan fingerprint density at radius 2 is 1.67 bits per heavy atom. The van der Waals surface area contributed by atoms with Gasteiger partial charge >= 0.3 is 0 Å². The second kappa shape index (κ2) is 3.24. The fourth-order valence-electron chi connectivity index (χ4n) is 2.64. The van der Waals surface area contributed by atoms with Crippen molar-refractivity contribution >= 4 is 28.3 Å². The molecule has 0 saturated carbocycles. The van der Waals surface area contributed by atoms with Crippen molar-refractivity contribution in [2.45, 2.75) is 0 Å². The molecule has 2 aromatic carbocycles. The SMILES string of the molecule is O=C1c2ccccc2-n2c1c(Cl)c1ccccc12. The van der Waals surface area contributed by atoms with Gasteiger partial charge in [-0.25, -0.2) is 0 Å². The average molecular weight is 254 g/mol. The van der Waals surface area contributed by atoms with Crippen molar-refractivity contribution in [1.82, 2.24) is 4.57 Å². The molecule has 0 aliphatic carbocycles. The second-order valence-electron chi connectivity index (χ2n) is 4.36. The molecule has 0 amide bonds. The van der Waals surface area contributed by atoms with Crippen LogP contribution in [0.5, 0.6) is 0 Å². The van der Waals surface area contributed by atoms with Gasteiger partial charge < -0.3 is 4.57 Å². The first kappa shape index (κ1) is 9.92. The number of nitrogens with zero attached hydrogens (tertiary/aromatic N) is 1. The summed E-state index contributed by atoms with van der Waals surface area (Å²) in [6.07, 6.45) is 0. The Morgan fingerprint density at radius 3 is 2.56 bits per heavy atom. The Kier molecular flexibility index (Phi) is 1.78. The standard InChI is InChI=1S/C15H8ClNO/c16-13-9-5-1-3-7-11(9)17-12-8-4-2-6-10(12)15(18)14(13)17/h1-8H. The van der Waals surface area contributed by atoms with Gasteiger partial charge in [-0.1, -0.05) is 41.9 Å². The molecular weight excluding hydrogens is 246 g/mol. The summed E-state index contributed by atoms with van der Waals surface area (Å²) in [6, 6.07) is 15.4. The number of ketones is 1. The zero-order valence-corrected chi connectivity index (χ0v) is 10.1. The zero-order valence-electron chi connectivity index (χ0n) is 9.35. The molecule has 0 saturated heterocycles. The summed E-state index contributed by atoms with van der Waals surface area (Å²) in [6.45, 7) is 0. The molecule has 1 aliphatic heterocycles. The van der Waals surface area contributed by atoms with E-state index in [1.807, 2.05) is 53.1 Å². The van der Waals surface area contributed by atoms with Crippen LogP contribution in [0.1, 0.15) is 16.1 Å². The van der Waals surface area contributed by atoms with Gasteiger partial charge in [0.25, 0.3) is 0 Å². The molecule has 0 radical (unpaired) electrons. The molecule has 0 bridgehead atoms. The number of aromatic nitrogens is 1. The Hall–Kier alpha value is -2.06. The van der Waals surface area contributed by atoms with Gasteiger partial charge in [-0.3, -0.25) is 4.79 Å². The van der Waals surface area contributed by atoms with Crippen LogP contribution in [0.4, 0.5) is 0 Å². The topological polar surface area (TPSA) is 22.0 Å². The number of hydrogen-bond acceptors (Lipinski definition) is 1. The minimum Gasteiger partial charge on any atom is -0.304 e. The first-order valence-corrected chi connectivity index (χ1v) is 6.10. The third kappa shape index (κ3) is 1.02. The number of hydrogen-bond donors (Lipinski definition) is 0. The maximum atomic E-state index is 12.4. The summed E-state index contributed by atoms with van der Waals surface area (Å²) in [5, 5.41) is 1.48. The highest BCUT2D eigenvalue weighted by Gasteiger charge is 2.31. The highest BCUT2D eigenvalue weighted by Crippen LogP contribution is 2.39. The lowest BCUT2D eigenvalue weighted by atomic mass is 10.1. The molecule has 0 fully saturated rings. The first-order valence-electron chi connectivity index (χ1n) is 5.72. The van der Waals surface area contributed by atoms with Gasteiger partial charge in [0, 0.05) is 10.9 Å². The zero-order chi connectivity index (χ0) is 12.3. The van der Waals surface area contributed by atoms with E-state index in [1.54, 1.807) is 0 Å². The Bertz CT molecular complexity index is 816. The minimum absolute atomic E-state index is 0.00630. The molecule has 2 nitrogen and oxygen atoms in total.